The van der Waals surface area contributed by atoms with Crippen LogP contribution in [0.25, 0.3) is 0 Å². The van der Waals surface area contributed by atoms with Crippen LogP contribution < -0.4 is 11.1 Å². The molecule has 90 valence electrons. The number of carbonyl (C=O) groups excluding carboxylic acids is 2. The molecule has 4 nitrogen and oxygen atoms in total. The molecule has 1 saturated carbocycles. The van der Waals surface area contributed by atoms with Gasteiger partial charge in [-0.3, -0.25) is 9.59 Å². The molecule has 17 heavy (non-hydrogen) atoms. The van der Waals surface area contributed by atoms with Gasteiger partial charge in [-0.25, -0.2) is 0 Å². The summed E-state index contributed by atoms with van der Waals surface area (Å²) in [7, 11) is 0. The Morgan fingerprint density at radius 1 is 1.24 bits per heavy atom. The fourth-order valence-electron chi connectivity index (χ4n) is 1.94. The van der Waals surface area contributed by atoms with Crippen molar-refractivity contribution in [3.8, 4) is 0 Å². The van der Waals surface area contributed by atoms with Crippen molar-refractivity contribution < 1.29 is 9.59 Å². The molecule has 2 unspecified atom stereocenters. The molecule has 1 aromatic rings. The van der Waals surface area contributed by atoms with Gasteiger partial charge in [-0.2, -0.15) is 0 Å². The van der Waals surface area contributed by atoms with Crippen molar-refractivity contribution in [1.29, 1.82) is 0 Å². The van der Waals surface area contributed by atoms with Crippen LogP contribution in [0.1, 0.15) is 30.7 Å². The first-order valence-electron chi connectivity index (χ1n) is 5.79. The Morgan fingerprint density at radius 3 is 2.59 bits per heavy atom. The van der Waals surface area contributed by atoms with Gasteiger partial charge in [-0.05, 0) is 12.0 Å². The van der Waals surface area contributed by atoms with Crippen LogP contribution >= 0.6 is 0 Å². The summed E-state index contributed by atoms with van der Waals surface area (Å²) in [6.45, 7) is 0. The molecular weight excluding hydrogens is 216 g/mol. The summed E-state index contributed by atoms with van der Waals surface area (Å²) in [6, 6.07) is 10.3. The Labute approximate surface area is 100 Å². The second-order valence-electron chi connectivity index (χ2n) is 4.39. The monoisotopic (exact) mass is 232 g/mol. The third-order valence-corrected chi connectivity index (χ3v) is 2.96. The zero-order valence-corrected chi connectivity index (χ0v) is 9.56. The van der Waals surface area contributed by atoms with E-state index in [2.05, 4.69) is 17.4 Å². The Kier molecular flexibility index (Phi) is 3.42. The normalized spacial score (nSPS) is 21.9. The molecule has 1 aliphatic rings. The van der Waals surface area contributed by atoms with E-state index < -0.39 is 5.91 Å². The molecule has 2 atom stereocenters. The Bertz CT molecular complexity index is 417. The summed E-state index contributed by atoms with van der Waals surface area (Å²) >= 11 is 0. The number of benzene rings is 1. The predicted octanol–water partition coefficient (Wildman–Crippen LogP) is 0.924. The maximum atomic E-state index is 11.5. The van der Waals surface area contributed by atoms with Crippen LogP contribution in [-0.2, 0) is 9.59 Å². The largest absolute Gasteiger partial charge is 0.370 e. The highest BCUT2D eigenvalue weighted by atomic mass is 16.2. The molecule has 0 radical (unpaired) electrons. The SMILES string of the molecule is NC(=O)CCC(=O)NC1CC1c1ccccc1. The van der Waals surface area contributed by atoms with Crippen LogP contribution in [0, 0.1) is 0 Å². The number of amides is 2. The topological polar surface area (TPSA) is 72.2 Å². The fourth-order valence-corrected chi connectivity index (χ4v) is 1.94. The molecule has 0 heterocycles. The third-order valence-electron chi connectivity index (χ3n) is 2.96. The van der Waals surface area contributed by atoms with Crippen LogP contribution in [0.3, 0.4) is 0 Å². The average Bonchev–Trinajstić information content (AvgIpc) is 3.07. The zero-order valence-electron chi connectivity index (χ0n) is 9.56. The number of nitrogens with one attached hydrogen (secondary N) is 1. The van der Waals surface area contributed by atoms with Crippen LogP contribution in [0.5, 0.6) is 0 Å². The van der Waals surface area contributed by atoms with E-state index in [0.29, 0.717) is 5.92 Å². The quantitative estimate of drug-likeness (QED) is 0.792. The number of hydrogen-bond acceptors (Lipinski definition) is 2. The predicted molar refractivity (Wildman–Crippen MR) is 64.2 cm³/mol. The highest BCUT2D eigenvalue weighted by Gasteiger charge is 2.39. The first-order chi connectivity index (χ1) is 8.16. The van der Waals surface area contributed by atoms with Gasteiger partial charge >= 0.3 is 0 Å². The van der Waals surface area contributed by atoms with Gasteiger partial charge in [0.15, 0.2) is 0 Å². The number of hydrogen-bond donors (Lipinski definition) is 2. The second kappa shape index (κ2) is 4.99. The number of primary amides is 1. The van der Waals surface area contributed by atoms with Gasteiger partial charge in [0.25, 0.3) is 0 Å². The minimum absolute atomic E-state index is 0.0905. The molecule has 1 fully saturated rings. The first kappa shape index (κ1) is 11.6. The lowest BCUT2D eigenvalue weighted by atomic mass is 10.1. The summed E-state index contributed by atoms with van der Waals surface area (Å²) < 4.78 is 0. The van der Waals surface area contributed by atoms with Gasteiger partial charge in [-0.1, -0.05) is 30.3 Å². The lowest BCUT2D eigenvalue weighted by Gasteiger charge is -2.03. The molecule has 0 aromatic heterocycles. The molecule has 4 heteroatoms. The molecule has 0 spiro atoms. The number of nitrogens with two attached hydrogens (primary N) is 1. The summed E-state index contributed by atoms with van der Waals surface area (Å²) in [4.78, 5) is 22.0. The van der Waals surface area contributed by atoms with Crippen molar-refractivity contribution in [3.63, 3.8) is 0 Å². The standard InChI is InChI=1S/C13H16N2O2/c14-12(16)6-7-13(17)15-11-8-10(11)9-4-2-1-3-5-9/h1-5,10-11H,6-8H2,(H2,14,16)(H,15,17). The van der Waals surface area contributed by atoms with Crippen molar-refractivity contribution in [3.05, 3.63) is 35.9 Å². The molecule has 1 aliphatic carbocycles. The van der Waals surface area contributed by atoms with Crippen LogP contribution in [0.15, 0.2) is 30.3 Å². The van der Waals surface area contributed by atoms with E-state index in [1.54, 1.807) is 0 Å². The summed E-state index contributed by atoms with van der Waals surface area (Å²) in [5.41, 5.74) is 6.24. The van der Waals surface area contributed by atoms with Gasteiger partial charge in [0, 0.05) is 24.8 Å². The molecule has 0 bridgehead atoms. The molecule has 1 aromatic carbocycles. The number of rotatable bonds is 5. The lowest BCUT2D eigenvalue weighted by Crippen LogP contribution is -2.27. The molecule has 0 aliphatic heterocycles. The van der Waals surface area contributed by atoms with Crippen molar-refractivity contribution in [1.82, 2.24) is 5.32 Å². The van der Waals surface area contributed by atoms with Gasteiger partial charge in [0.1, 0.15) is 0 Å². The second-order valence-corrected chi connectivity index (χ2v) is 4.39. The lowest BCUT2D eigenvalue weighted by molar-refractivity contribution is -0.125. The summed E-state index contributed by atoms with van der Waals surface area (Å²) in [5.74, 6) is -0.100. The Hall–Kier alpha value is -1.84. The third kappa shape index (κ3) is 3.31. The average molecular weight is 232 g/mol. The molecule has 0 saturated heterocycles. The van der Waals surface area contributed by atoms with Gasteiger partial charge in [0.2, 0.25) is 11.8 Å². The number of carbonyl (C=O) groups is 2. The van der Waals surface area contributed by atoms with Gasteiger partial charge in [0.05, 0.1) is 0 Å². The highest BCUT2D eigenvalue weighted by Crippen LogP contribution is 2.40. The van der Waals surface area contributed by atoms with E-state index in [9.17, 15) is 9.59 Å². The van der Waals surface area contributed by atoms with Crippen LogP contribution in [0.2, 0.25) is 0 Å². The summed E-state index contributed by atoms with van der Waals surface area (Å²) in [5, 5.41) is 2.91. The summed E-state index contributed by atoms with van der Waals surface area (Å²) in [6.07, 6.45) is 1.29. The maximum Gasteiger partial charge on any atom is 0.220 e. The minimum atomic E-state index is -0.435. The van der Waals surface area contributed by atoms with E-state index in [-0.39, 0.29) is 24.8 Å². The van der Waals surface area contributed by atoms with Crippen molar-refractivity contribution in [2.24, 2.45) is 5.73 Å². The van der Waals surface area contributed by atoms with E-state index in [0.717, 1.165) is 6.42 Å². The van der Waals surface area contributed by atoms with Gasteiger partial charge < -0.3 is 11.1 Å². The van der Waals surface area contributed by atoms with E-state index in [1.807, 2.05) is 18.2 Å². The Morgan fingerprint density at radius 2 is 1.94 bits per heavy atom. The van der Waals surface area contributed by atoms with Crippen molar-refractivity contribution >= 4 is 11.8 Å². The fraction of sp³-hybridized carbons (Fsp3) is 0.385. The van der Waals surface area contributed by atoms with Crippen LogP contribution in [0.4, 0.5) is 0 Å². The first-order valence-corrected chi connectivity index (χ1v) is 5.79. The van der Waals surface area contributed by atoms with E-state index >= 15 is 0 Å². The highest BCUT2D eigenvalue weighted by molar-refractivity contribution is 5.83. The molecule has 3 N–H and O–H groups in total. The van der Waals surface area contributed by atoms with Crippen molar-refractivity contribution in [2.45, 2.75) is 31.2 Å². The van der Waals surface area contributed by atoms with Gasteiger partial charge in [-0.15, -0.1) is 0 Å². The zero-order chi connectivity index (χ0) is 12.3. The molecule has 2 rings (SSSR count). The van der Waals surface area contributed by atoms with Crippen molar-refractivity contribution in [2.75, 3.05) is 0 Å². The van der Waals surface area contributed by atoms with Crippen LogP contribution in [-0.4, -0.2) is 17.9 Å². The molecule has 2 amide bonds. The Balaban J connectivity index is 1.76. The van der Waals surface area contributed by atoms with E-state index in [4.69, 9.17) is 5.73 Å². The van der Waals surface area contributed by atoms with E-state index in [1.165, 1.54) is 5.56 Å². The molecular formula is C13H16N2O2. The minimum Gasteiger partial charge on any atom is -0.370 e. The maximum absolute atomic E-state index is 11.5. The smallest absolute Gasteiger partial charge is 0.220 e.